The topological polar surface area (TPSA) is 74.2 Å². The molecule has 6 heteroatoms. The summed E-state index contributed by atoms with van der Waals surface area (Å²) in [5.41, 5.74) is -2.21. The molecular weight excluding hydrogens is 408 g/mol. The molecule has 32 heavy (non-hydrogen) atoms. The molecule has 0 aliphatic carbocycles. The van der Waals surface area contributed by atoms with E-state index in [0.717, 1.165) is 6.42 Å². The maximum atomic E-state index is 12.6. The van der Waals surface area contributed by atoms with Gasteiger partial charge in [0.1, 0.15) is 12.2 Å². The number of rotatable bonds is 15. The van der Waals surface area contributed by atoms with Gasteiger partial charge in [-0.05, 0) is 60.8 Å². The first-order valence-corrected chi connectivity index (χ1v) is 12.3. The Morgan fingerprint density at radius 2 is 1.44 bits per heavy atom. The largest absolute Gasteiger partial charge is 0.508 e. The summed E-state index contributed by atoms with van der Waals surface area (Å²) in [6.45, 7) is 25.2. The Labute approximate surface area is 197 Å². The van der Waals surface area contributed by atoms with Crippen LogP contribution in [0, 0.1) is 17.3 Å². The highest BCUT2D eigenvalue weighted by Crippen LogP contribution is 2.40. The molecule has 4 atom stereocenters. The average molecular weight is 461 g/mol. The third-order valence-corrected chi connectivity index (χ3v) is 7.71. The number of hydrogen-bond donors (Lipinski definition) is 1. The molecule has 0 aromatic heterocycles. The Hall–Kier alpha value is -0.850. The molecule has 0 aliphatic rings. The lowest BCUT2D eigenvalue weighted by molar-refractivity contribution is -0.125. The first-order chi connectivity index (χ1) is 14.4. The lowest BCUT2D eigenvalue weighted by atomic mass is 9.72. The molecule has 0 aliphatic heterocycles. The van der Waals surface area contributed by atoms with Gasteiger partial charge in [0.05, 0.1) is 23.9 Å². The summed E-state index contributed by atoms with van der Waals surface area (Å²) >= 11 is 0. The highest BCUT2D eigenvalue weighted by molar-refractivity contribution is 5.60. The van der Waals surface area contributed by atoms with Gasteiger partial charge in [0.25, 0.3) is 0 Å². The normalized spacial score (nSPS) is 18.6. The van der Waals surface area contributed by atoms with Crippen LogP contribution in [0.1, 0.15) is 102 Å². The predicted octanol–water partition coefficient (Wildman–Crippen LogP) is 6.38. The van der Waals surface area contributed by atoms with Crippen molar-refractivity contribution in [1.82, 2.24) is 0 Å². The lowest BCUT2D eigenvalue weighted by Crippen LogP contribution is -2.46. The molecule has 0 amide bonds. The van der Waals surface area contributed by atoms with Crippen molar-refractivity contribution in [2.24, 2.45) is 17.3 Å². The molecule has 0 fully saturated rings. The zero-order valence-electron chi connectivity index (χ0n) is 23.0. The second kappa shape index (κ2) is 12.6. The van der Waals surface area contributed by atoms with Crippen LogP contribution in [-0.4, -0.2) is 54.0 Å². The van der Waals surface area contributed by atoms with E-state index in [1.54, 1.807) is 0 Å². The Morgan fingerprint density at radius 3 is 1.91 bits per heavy atom. The van der Waals surface area contributed by atoms with Crippen LogP contribution in [0.5, 0.6) is 0 Å². The van der Waals surface area contributed by atoms with E-state index in [1.807, 2.05) is 69.2 Å². The lowest BCUT2D eigenvalue weighted by Gasteiger charge is -2.43. The predicted molar refractivity (Wildman–Crippen MR) is 130 cm³/mol. The van der Waals surface area contributed by atoms with Crippen LogP contribution in [0.4, 0.5) is 4.79 Å². The standard InChI is InChI=1S/C26H52O6/c1-13-25(11,28)21(6)18-31-24(9,10)20(5)17-30-22(27)32-26(12,14-2)23(7,8)15-16-29-19(3)4/h19-21,28H,13-18H2,1-12H3. The van der Waals surface area contributed by atoms with Gasteiger partial charge in [0.2, 0.25) is 0 Å². The van der Waals surface area contributed by atoms with E-state index in [-0.39, 0.29) is 30.0 Å². The fraction of sp³-hybridized carbons (Fsp3) is 0.962. The molecule has 0 bridgehead atoms. The van der Waals surface area contributed by atoms with Crippen LogP contribution in [0.15, 0.2) is 0 Å². The highest BCUT2D eigenvalue weighted by Gasteiger charge is 2.43. The molecule has 0 rings (SSSR count). The van der Waals surface area contributed by atoms with Crippen molar-refractivity contribution < 1.29 is 28.8 Å². The van der Waals surface area contributed by atoms with E-state index in [9.17, 15) is 9.90 Å². The van der Waals surface area contributed by atoms with Gasteiger partial charge in [-0.2, -0.15) is 0 Å². The van der Waals surface area contributed by atoms with Crippen molar-refractivity contribution in [3.63, 3.8) is 0 Å². The summed E-state index contributed by atoms with van der Waals surface area (Å²) in [5.74, 6) is -0.0498. The van der Waals surface area contributed by atoms with E-state index >= 15 is 0 Å². The van der Waals surface area contributed by atoms with Crippen molar-refractivity contribution in [2.75, 3.05) is 19.8 Å². The van der Waals surface area contributed by atoms with Crippen LogP contribution < -0.4 is 0 Å². The Bertz CT molecular complexity index is 555. The SMILES string of the molecule is CCC(C)(O)C(C)COC(C)(C)C(C)COC(=O)OC(C)(CC)C(C)(C)CCOC(C)C. The van der Waals surface area contributed by atoms with Crippen LogP contribution in [0.2, 0.25) is 0 Å². The number of aliphatic hydroxyl groups is 1. The summed E-state index contributed by atoms with van der Waals surface area (Å²) in [7, 11) is 0. The Balaban J connectivity index is 4.83. The van der Waals surface area contributed by atoms with E-state index < -0.39 is 23.0 Å². The van der Waals surface area contributed by atoms with Crippen molar-refractivity contribution in [2.45, 2.75) is 125 Å². The van der Waals surface area contributed by atoms with Gasteiger partial charge >= 0.3 is 6.16 Å². The first-order valence-electron chi connectivity index (χ1n) is 12.3. The Kier molecular flexibility index (Phi) is 12.2. The third-order valence-electron chi connectivity index (χ3n) is 7.71. The smallest absolute Gasteiger partial charge is 0.434 e. The average Bonchev–Trinajstić information content (AvgIpc) is 2.69. The summed E-state index contributed by atoms with van der Waals surface area (Å²) in [5, 5.41) is 10.4. The first kappa shape index (κ1) is 31.1. The van der Waals surface area contributed by atoms with E-state index in [2.05, 4.69) is 13.8 Å². The fourth-order valence-corrected chi connectivity index (χ4v) is 3.12. The molecule has 4 unspecified atom stereocenters. The maximum Gasteiger partial charge on any atom is 0.508 e. The minimum atomic E-state index is -0.767. The second-order valence-corrected chi connectivity index (χ2v) is 11.2. The van der Waals surface area contributed by atoms with Crippen LogP contribution in [0.25, 0.3) is 0 Å². The van der Waals surface area contributed by atoms with Crippen molar-refractivity contribution in [3.8, 4) is 0 Å². The molecule has 0 aromatic rings. The molecule has 0 heterocycles. The maximum absolute atomic E-state index is 12.6. The van der Waals surface area contributed by atoms with Gasteiger partial charge in [0.15, 0.2) is 0 Å². The van der Waals surface area contributed by atoms with Gasteiger partial charge in [0, 0.05) is 23.9 Å². The fourth-order valence-electron chi connectivity index (χ4n) is 3.12. The molecule has 192 valence electrons. The van der Waals surface area contributed by atoms with Crippen LogP contribution in [0.3, 0.4) is 0 Å². The molecule has 0 spiro atoms. The third kappa shape index (κ3) is 9.56. The quantitative estimate of drug-likeness (QED) is 0.286. The van der Waals surface area contributed by atoms with Crippen LogP contribution >= 0.6 is 0 Å². The van der Waals surface area contributed by atoms with Gasteiger partial charge in [-0.3, -0.25) is 0 Å². The zero-order chi connectivity index (χ0) is 25.4. The van der Waals surface area contributed by atoms with Gasteiger partial charge in [-0.1, -0.05) is 41.5 Å². The number of carbonyl (C=O) groups excluding carboxylic acids is 1. The number of carbonyl (C=O) groups is 1. The summed E-state index contributed by atoms with van der Waals surface area (Å²) < 4.78 is 23.2. The second-order valence-electron chi connectivity index (χ2n) is 11.2. The van der Waals surface area contributed by atoms with Gasteiger partial charge in [-0.15, -0.1) is 0 Å². The molecular formula is C26H52O6. The highest BCUT2D eigenvalue weighted by atomic mass is 16.7. The summed E-state index contributed by atoms with van der Waals surface area (Å²) in [4.78, 5) is 12.6. The molecule has 0 saturated heterocycles. The van der Waals surface area contributed by atoms with E-state index in [1.165, 1.54) is 0 Å². The molecule has 0 radical (unpaired) electrons. The van der Waals surface area contributed by atoms with Gasteiger partial charge in [-0.25, -0.2) is 4.79 Å². The molecule has 0 aromatic carbocycles. The minimum Gasteiger partial charge on any atom is -0.434 e. The van der Waals surface area contributed by atoms with Crippen LogP contribution in [-0.2, 0) is 18.9 Å². The molecule has 1 N–H and O–H groups in total. The van der Waals surface area contributed by atoms with E-state index in [0.29, 0.717) is 26.1 Å². The zero-order valence-corrected chi connectivity index (χ0v) is 23.0. The van der Waals surface area contributed by atoms with Crippen molar-refractivity contribution in [1.29, 1.82) is 0 Å². The Morgan fingerprint density at radius 1 is 0.875 bits per heavy atom. The molecule has 0 saturated carbocycles. The number of hydrogen-bond acceptors (Lipinski definition) is 6. The summed E-state index contributed by atoms with van der Waals surface area (Å²) in [6.07, 6.45) is 1.64. The van der Waals surface area contributed by atoms with Crippen molar-refractivity contribution in [3.05, 3.63) is 0 Å². The summed E-state index contributed by atoms with van der Waals surface area (Å²) in [6, 6.07) is 0. The van der Waals surface area contributed by atoms with Gasteiger partial charge < -0.3 is 24.1 Å². The van der Waals surface area contributed by atoms with E-state index in [4.69, 9.17) is 18.9 Å². The molecule has 6 nitrogen and oxygen atoms in total. The minimum absolute atomic E-state index is 0.00275. The number of ether oxygens (including phenoxy) is 4. The monoisotopic (exact) mass is 460 g/mol. The van der Waals surface area contributed by atoms with Crippen molar-refractivity contribution >= 4 is 6.16 Å².